The number of aryl methyl sites for hydroxylation is 1. The Balaban J connectivity index is 1.70. The number of benzene rings is 2. The maximum absolute atomic E-state index is 13.6. The van der Waals surface area contributed by atoms with Gasteiger partial charge < -0.3 is 10.1 Å². The first-order valence-electron chi connectivity index (χ1n) is 7.38. The number of hydrogen-bond donors (Lipinski definition) is 1. The van der Waals surface area contributed by atoms with Gasteiger partial charge in [0.05, 0.1) is 12.7 Å². The van der Waals surface area contributed by atoms with Crippen LogP contribution in [0.25, 0.3) is 0 Å². The van der Waals surface area contributed by atoms with Gasteiger partial charge in [-0.15, -0.1) is 0 Å². The zero-order valence-corrected chi connectivity index (χ0v) is 12.4. The van der Waals surface area contributed by atoms with E-state index in [1.165, 1.54) is 23.3 Å². The molecule has 0 fully saturated rings. The van der Waals surface area contributed by atoms with E-state index in [9.17, 15) is 9.18 Å². The van der Waals surface area contributed by atoms with Crippen LogP contribution in [0.5, 0.6) is 5.75 Å². The molecule has 4 heteroatoms. The minimum absolute atomic E-state index is 0.0352. The van der Waals surface area contributed by atoms with E-state index in [2.05, 4.69) is 5.32 Å². The normalized spacial score (nSPS) is 16.7. The monoisotopic (exact) mass is 299 g/mol. The molecule has 0 saturated heterocycles. The van der Waals surface area contributed by atoms with Gasteiger partial charge in [0.1, 0.15) is 11.6 Å². The van der Waals surface area contributed by atoms with Crippen LogP contribution in [-0.4, -0.2) is 19.1 Å². The third-order valence-electron chi connectivity index (χ3n) is 4.10. The summed E-state index contributed by atoms with van der Waals surface area (Å²) in [6, 6.07) is 12.1. The fourth-order valence-corrected chi connectivity index (χ4v) is 2.89. The van der Waals surface area contributed by atoms with Gasteiger partial charge >= 0.3 is 0 Å². The van der Waals surface area contributed by atoms with Gasteiger partial charge in [-0.3, -0.25) is 4.79 Å². The number of carbonyl (C=O) groups is 1. The summed E-state index contributed by atoms with van der Waals surface area (Å²) in [6.45, 7) is 0. The molecule has 0 bridgehead atoms. The summed E-state index contributed by atoms with van der Waals surface area (Å²) in [7, 11) is 1.65. The summed E-state index contributed by atoms with van der Waals surface area (Å²) in [5.74, 6) is 0.0219. The fourth-order valence-electron chi connectivity index (χ4n) is 2.89. The highest BCUT2D eigenvalue weighted by Gasteiger charge is 2.22. The molecule has 1 aliphatic rings. The smallest absolute Gasteiger partial charge is 0.254 e. The van der Waals surface area contributed by atoms with Crippen LogP contribution >= 0.6 is 0 Å². The molecular formula is C18H18FNO2. The summed E-state index contributed by atoms with van der Waals surface area (Å²) in [6.07, 6.45) is 2.49. The number of methoxy groups -OCH3 is 1. The third kappa shape index (κ3) is 2.96. The van der Waals surface area contributed by atoms with Gasteiger partial charge in [-0.2, -0.15) is 0 Å². The standard InChI is InChI=1S/C18H18FNO2/c1-22-15-9-7-12-10-14(8-6-13(12)11-15)20-18(21)16-4-2-3-5-17(16)19/h2-5,7,9,11,14H,6,8,10H2,1H3,(H,20,21). The number of fused-ring (bicyclic) bond motifs is 1. The molecule has 3 nitrogen and oxygen atoms in total. The Morgan fingerprint density at radius 3 is 2.82 bits per heavy atom. The molecule has 114 valence electrons. The number of hydrogen-bond acceptors (Lipinski definition) is 2. The molecule has 0 spiro atoms. The van der Waals surface area contributed by atoms with Gasteiger partial charge in [-0.05, 0) is 54.7 Å². The van der Waals surface area contributed by atoms with Crippen LogP contribution < -0.4 is 10.1 Å². The van der Waals surface area contributed by atoms with Gasteiger partial charge in [-0.1, -0.05) is 18.2 Å². The van der Waals surface area contributed by atoms with Gasteiger partial charge in [0.25, 0.3) is 5.91 Å². The number of amides is 1. The molecular weight excluding hydrogens is 281 g/mol. The quantitative estimate of drug-likeness (QED) is 0.945. The first-order valence-corrected chi connectivity index (χ1v) is 7.38. The molecule has 1 unspecified atom stereocenters. The fraction of sp³-hybridized carbons (Fsp3) is 0.278. The van der Waals surface area contributed by atoms with Crippen molar-refractivity contribution in [2.45, 2.75) is 25.3 Å². The summed E-state index contributed by atoms with van der Waals surface area (Å²) >= 11 is 0. The molecule has 0 saturated carbocycles. The average molecular weight is 299 g/mol. The second-order valence-corrected chi connectivity index (χ2v) is 5.53. The second-order valence-electron chi connectivity index (χ2n) is 5.53. The van der Waals surface area contributed by atoms with E-state index in [0.717, 1.165) is 25.0 Å². The van der Waals surface area contributed by atoms with Crippen molar-refractivity contribution in [1.82, 2.24) is 5.32 Å². The third-order valence-corrected chi connectivity index (χ3v) is 4.10. The van der Waals surface area contributed by atoms with Crippen molar-refractivity contribution < 1.29 is 13.9 Å². The Bertz CT molecular complexity index is 699. The van der Waals surface area contributed by atoms with Crippen LogP contribution in [0.3, 0.4) is 0 Å². The number of carbonyl (C=O) groups excluding carboxylic acids is 1. The van der Waals surface area contributed by atoms with Crippen LogP contribution in [-0.2, 0) is 12.8 Å². The molecule has 1 aliphatic carbocycles. The second kappa shape index (κ2) is 6.18. The van der Waals surface area contributed by atoms with Crippen molar-refractivity contribution in [3.63, 3.8) is 0 Å². The van der Waals surface area contributed by atoms with Crippen LogP contribution in [0, 0.1) is 5.82 Å². The van der Waals surface area contributed by atoms with E-state index in [0.29, 0.717) is 0 Å². The maximum atomic E-state index is 13.6. The molecule has 2 aromatic rings. The van der Waals surface area contributed by atoms with E-state index < -0.39 is 5.82 Å². The molecule has 0 heterocycles. The van der Waals surface area contributed by atoms with Crippen molar-refractivity contribution in [2.75, 3.05) is 7.11 Å². The maximum Gasteiger partial charge on any atom is 0.254 e. The Morgan fingerprint density at radius 1 is 1.23 bits per heavy atom. The highest BCUT2D eigenvalue weighted by atomic mass is 19.1. The van der Waals surface area contributed by atoms with E-state index in [1.807, 2.05) is 18.2 Å². The number of rotatable bonds is 3. The molecule has 0 aliphatic heterocycles. The lowest BCUT2D eigenvalue weighted by atomic mass is 9.88. The van der Waals surface area contributed by atoms with Gasteiger partial charge in [0.15, 0.2) is 0 Å². The lowest BCUT2D eigenvalue weighted by Crippen LogP contribution is -2.39. The van der Waals surface area contributed by atoms with Crippen LogP contribution in [0.15, 0.2) is 42.5 Å². The van der Waals surface area contributed by atoms with Gasteiger partial charge in [0.2, 0.25) is 0 Å². The Kier molecular flexibility index (Phi) is 4.09. The highest BCUT2D eigenvalue weighted by Crippen LogP contribution is 2.25. The predicted molar refractivity (Wildman–Crippen MR) is 82.7 cm³/mol. The summed E-state index contributed by atoms with van der Waals surface area (Å²) in [5, 5.41) is 2.94. The molecule has 1 amide bonds. The van der Waals surface area contributed by atoms with E-state index in [1.54, 1.807) is 19.2 Å². The summed E-state index contributed by atoms with van der Waals surface area (Å²) < 4.78 is 18.9. The lowest BCUT2D eigenvalue weighted by Gasteiger charge is -2.26. The van der Waals surface area contributed by atoms with E-state index >= 15 is 0 Å². The SMILES string of the molecule is COc1ccc2c(c1)CCC(NC(=O)c1ccccc1F)C2. The van der Waals surface area contributed by atoms with Crippen LogP contribution in [0.1, 0.15) is 27.9 Å². The van der Waals surface area contributed by atoms with Crippen LogP contribution in [0.2, 0.25) is 0 Å². The number of nitrogens with one attached hydrogen (secondary N) is 1. The van der Waals surface area contributed by atoms with Crippen molar-refractivity contribution in [3.8, 4) is 5.75 Å². The Labute approximate surface area is 129 Å². The van der Waals surface area contributed by atoms with Crippen molar-refractivity contribution >= 4 is 5.91 Å². The van der Waals surface area contributed by atoms with Crippen molar-refractivity contribution in [2.24, 2.45) is 0 Å². The largest absolute Gasteiger partial charge is 0.497 e. The summed E-state index contributed by atoms with van der Waals surface area (Å²) in [5.41, 5.74) is 2.57. The minimum Gasteiger partial charge on any atom is -0.497 e. The molecule has 1 N–H and O–H groups in total. The topological polar surface area (TPSA) is 38.3 Å². The zero-order chi connectivity index (χ0) is 15.5. The molecule has 22 heavy (non-hydrogen) atoms. The molecule has 3 rings (SSSR count). The first kappa shape index (κ1) is 14.6. The zero-order valence-electron chi connectivity index (χ0n) is 12.4. The van der Waals surface area contributed by atoms with E-state index in [4.69, 9.17) is 4.74 Å². The van der Waals surface area contributed by atoms with Gasteiger partial charge in [-0.25, -0.2) is 4.39 Å². The van der Waals surface area contributed by atoms with Gasteiger partial charge in [0, 0.05) is 6.04 Å². The van der Waals surface area contributed by atoms with Crippen molar-refractivity contribution in [3.05, 3.63) is 65.0 Å². The van der Waals surface area contributed by atoms with Crippen molar-refractivity contribution in [1.29, 1.82) is 0 Å². The molecule has 0 radical (unpaired) electrons. The predicted octanol–water partition coefficient (Wildman–Crippen LogP) is 3.12. The molecule has 0 aromatic heterocycles. The number of halogens is 1. The van der Waals surface area contributed by atoms with Crippen LogP contribution in [0.4, 0.5) is 4.39 Å². The number of ether oxygens (including phenoxy) is 1. The first-order chi connectivity index (χ1) is 10.7. The highest BCUT2D eigenvalue weighted by molar-refractivity contribution is 5.94. The minimum atomic E-state index is -0.485. The van der Waals surface area contributed by atoms with E-state index in [-0.39, 0.29) is 17.5 Å². The lowest BCUT2D eigenvalue weighted by molar-refractivity contribution is 0.0929. The Morgan fingerprint density at radius 2 is 2.05 bits per heavy atom. The average Bonchev–Trinajstić information content (AvgIpc) is 2.54. The molecule has 2 aromatic carbocycles. The molecule has 1 atom stereocenters. The Hall–Kier alpha value is -2.36. The summed E-state index contributed by atoms with van der Waals surface area (Å²) in [4.78, 5) is 12.2.